The number of hydrogen-bond acceptors (Lipinski definition) is 6. The van der Waals surface area contributed by atoms with Gasteiger partial charge in [0, 0.05) is 44.0 Å². The minimum absolute atomic E-state index is 0.0332. The van der Waals surface area contributed by atoms with Gasteiger partial charge in [-0.25, -0.2) is 4.98 Å². The lowest BCUT2D eigenvalue weighted by atomic mass is 9.89. The van der Waals surface area contributed by atoms with Gasteiger partial charge in [0.25, 0.3) is 0 Å². The van der Waals surface area contributed by atoms with Crippen LogP contribution in [0.15, 0.2) is 48.9 Å². The van der Waals surface area contributed by atoms with Crippen molar-refractivity contribution in [1.82, 2.24) is 14.8 Å². The highest BCUT2D eigenvalue weighted by atomic mass is 16.2. The topological polar surface area (TPSA) is 111 Å². The summed E-state index contributed by atoms with van der Waals surface area (Å²) < 4.78 is 1.72. The predicted octanol–water partition coefficient (Wildman–Crippen LogP) is 4.00. The molecule has 8 nitrogen and oxygen atoms in total. The van der Waals surface area contributed by atoms with Gasteiger partial charge in [0.15, 0.2) is 0 Å². The Bertz CT molecular complexity index is 1220. The Morgan fingerprint density at radius 3 is 2.45 bits per heavy atom. The SMILES string of the molecule is CC(=O)N(c1ccc(-c2cnn(C)c2)cc1C#N)[C@H]1CC[C@H](Nc2ccc(C#N)cn2)CC1. The first kappa shape index (κ1) is 22.0. The van der Waals surface area contributed by atoms with Gasteiger partial charge >= 0.3 is 0 Å². The van der Waals surface area contributed by atoms with Crippen molar-refractivity contribution >= 4 is 17.4 Å². The normalized spacial score (nSPS) is 17.6. The maximum atomic E-state index is 12.7. The minimum Gasteiger partial charge on any atom is -0.367 e. The number of hydrogen-bond donors (Lipinski definition) is 1. The number of amides is 1. The molecular formula is C25H25N7O. The molecule has 0 unspecified atom stereocenters. The molecule has 1 aliphatic carbocycles. The number of aryl methyl sites for hydroxylation is 1. The van der Waals surface area contributed by atoms with Crippen molar-refractivity contribution in [2.45, 2.75) is 44.7 Å². The van der Waals surface area contributed by atoms with E-state index in [0.29, 0.717) is 16.8 Å². The molecule has 1 amide bonds. The monoisotopic (exact) mass is 439 g/mol. The van der Waals surface area contributed by atoms with Crippen molar-refractivity contribution in [3.8, 4) is 23.3 Å². The molecule has 8 heteroatoms. The van der Waals surface area contributed by atoms with E-state index < -0.39 is 0 Å². The Kier molecular flexibility index (Phi) is 6.37. The molecule has 0 aliphatic heterocycles. The zero-order valence-electron chi connectivity index (χ0n) is 18.7. The summed E-state index contributed by atoms with van der Waals surface area (Å²) in [5, 5.41) is 26.4. The van der Waals surface area contributed by atoms with E-state index in [1.165, 1.54) is 0 Å². The third-order valence-electron chi connectivity index (χ3n) is 6.06. The van der Waals surface area contributed by atoms with E-state index in [-0.39, 0.29) is 18.0 Å². The largest absolute Gasteiger partial charge is 0.367 e. The number of nitrogens with zero attached hydrogens (tertiary/aromatic N) is 6. The second-order valence-corrected chi connectivity index (χ2v) is 8.33. The summed E-state index contributed by atoms with van der Waals surface area (Å²) in [4.78, 5) is 18.7. The third-order valence-corrected chi connectivity index (χ3v) is 6.06. The number of nitriles is 2. The average molecular weight is 440 g/mol. The molecule has 1 aromatic carbocycles. The number of aromatic nitrogens is 3. The zero-order valence-corrected chi connectivity index (χ0v) is 18.7. The molecule has 1 aliphatic rings. The summed E-state index contributed by atoms with van der Waals surface area (Å²) in [6.45, 7) is 1.56. The van der Waals surface area contributed by atoms with Crippen LogP contribution in [-0.2, 0) is 11.8 Å². The van der Waals surface area contributed by atoms with Crippen LogP contribution in [-0.4, -0.2) is 32.8 Å². The molecule has 0 atom stereocenters. The van der Waals surface area contributed by atoms with Crippen LogP contribution in [0, 0.1) is 22.7 Å². The lowest BCUT2D eigenvalue weighted by Crippen LogP contribution is -2.43. The summed E-state index contributed by atoms with van der Waals surface area (Å²) in [5.41, 5.74) is 3.49. The fraction of sp³-hybridized carbons (Fsp3) is 0.320. The first-order valence-electron chi connectivity index (χ1n) is 10.9. The highest BCUT2D eigenvalue weighted by Crippen LogP contribution is 2.33. The van der Waals surface area contributed by atoms with Crippen LogP contribution in [0.25, 0.3) is 11.1 Å². The van der Waals surface area contributed by atoms with Crippen LogP contribution in [0.5, 0.6) is 0 Å². The fourth-order valence-corrected chi connectivity index (χ4v) is 4.44. The summed E-state index contributed by atoms with van der Waals surface area (Å²) in [6, 6.07) is 13.8. The lowest BCUT2D eigenvalue weighted by Gasteiger charge is -2.37. The molecule has 0 bridgehead atoms. The van der Waals surface area contributed by atoms with E-state index in [1.807, 2.05) is 37.5 Å². The van der Waals surface area contributed by atoms with Crippen molar-refractivity contribution in [1.29, 1.82) is 10.5 Å². The standard InChI is InChI=1S/C25H25N7O/c1-17(33)32(24-9-4-19(11-20(24)13-27)21-15-29-31(2)16-21)23-7-5-22(6-8-23)30-25-10-3-18(12-26)14-28-25/h3-4,9-11,14-16,22-23H,5-8H2,1-2H3,(H,28,30)/t22-,23-. The zero-order chi connectivity index (χ0) is 23.4. The van der Waals surface area contributed by atoms with Crippen molar-refractivity contribution in [3.05, 3.63) is 60.0 Å². The van der Waals surface area contributed by atoms with Crippen LogP contribution in [0.3, 0.4) is 0 Å². The van der Waals surface area contributed by atoms with Crippen molar-refractivity contribution < 1.29 is 4.79 Å². The Morgan fingerprint density at radius 2 is 1.88 bits per heavy atom. The van der Waals surface area contributed by atoms with E-state index in [2.05, 4.69) is 27.5 Å². The van der Waals surface area contributed by atoms with E-state index in [0.717, 1.165) is 42.6 Å². The number of benzene rings is 1. The smallest absolute Gasteiger partial charge is 0.224 e. The number of anilines is 2. The quantitative estimate of drug-likeness (QED) is 0.643. The van der Waals surface area contributed by atoms with Gasteiger partial charge in [0.1, 0.15) is 18.0 Å². The minimum atomic E-state index is -0.0641. The van der Waals surface area contributed by atoms with Gasteiger partial charge in [0.05, 0.1) is 23.0 Å². The maximum absolute atomic E-state index is 12.7. The van der Waals surface area contributed by atoms with E-state index >= 15 is 0 Å². The summed E-state index contributed by atoms with van der Waals surface area (Å²) >= 11 is 0. The maximum Gasteiger partial charge on any atom is 0.224 e. The van der Waals surface area contributed by atoms with Crippen LogP contribution in [0.1, 0.15) is 43.7 Å². The molecule has 2 heterocycles. The molecule has 0 saturated heterocycles. The first-order valence-corrected chi connectivity index (χ1v) is 10.9. The van der Waals surface area contributed by atoms with Crippen molar-refractivity contribution in [2.75, 3.05) is 10.2 Å². The van der Waals surface area contributed by atoms with Crippen LogP contribution in [0.2, 0.25) is 0 Å². The predicted molar refractivity (Wildman–Crippen MR) is 125 cm³/mol. The fourth-order valence-electron chi connectivity index (χ4n) is 4.44. The van der Waals surface area contributed by atoms with Crippen LogP contribution < -0.4 is 10.2 Å². The molecule has 0 radical (unpaired) electrons. The number of pyridine rings is 1. The molecule has 4 rings (SSSR count). The Hall–Kier alpha value is -4.17. The van der Waals surface area contributed by atoms with Gasteiger partial charge in [-0.2, -0.15) is 15.6 Å². The second kappa shape index (κ2) is 9.54. The molecule has 1 N–H and O–H groups in total. The van der Waals surface area contributed by atoms with Crippen molar-refractivity contribution in [3.63, 3.8) is 0 Å². The molecular weight excluding hydrogens is 414 g/mol. The molecule has 0 spiro atoms. The van der Waals surface area contributed by atoms with Gasteiger partial charge in [-0.05, 0) is 55.5 Å². The third kappa shape index (κ3) is 4.86. The summed E-state index contributed by atoms with van der Waals surface area (Å²) in [7, 11) is 1.85. The highest BCUT2D eigenvalue weighted by Gasteiger charge is 2.30. The van der Waals surface area contributed by atoms with Gasteiger partial charge < -0.3 is 10.2 Å². The first-order chi connectivity index (χ1) is 16.0. The molecule has 2 aromatic heterocycles. The van der Waals surface area contributed by atoms with E-state index in [9.17, 15) is 10.1 Å². The number of rotatable bonds is 5. The van der Waals surface area contributed by atoms with Gasteiger partial charge in [-0.15, -0.1) is 0 Å². The molecule has 33 heavy (non-hydrogen) atoms. The average Bonchev–Trinajstić information content (AvgIpc) is 3.27. The van der Waals surface area contributed by atoms with E-state index in [1.54, 1.807) is 35.0 Å². The van der Waals surface area contributed by atoms with Crippen molar-refractivity contribution in [2.24, 2.45) is 7.05 Å². The lowest BCUT2D eigenvalue weighted by molar-refractivity contribution is -0.117. The number of carbonyl (C=O) groups is 1. The summed E-state index contributed by atoms with van der Waals surface area (Å²) in [5.74, 6) is 0.685. The van der Waals surface area contributed by atoms with Crippen LogP contribution in [0.4, 0.5) is 11.5 Å². The number of nitrogens with one attached hydrogen (secondary N) is 1. The number of carbonyl (C=O) groups excluding carboxylic acids is 1. The molecule has 1 saturated carbocycles. The molecule has 166 valence electrons. The summed E-state index contributed by atoms with van der Waals surface area (Å²) in [6.07, 6.45) is 8.62. The molecule has 3 aromatic rings. The van der Waals surface area contributed by atoms with Gasteiger partial charge in [-0.1, -0.05) is 6.07 Å². The van der Waals surface area contributed by atoms with Gasteiger partial charge in [0.2, 0.25) is 5.91 Å². The molecule has 1 fully saturated rings. The van der Waals surface area contributed by atoms with Crippen LogP contribution >= 0.6 is 0 Å². The second-order valence-electron chi connectivity index (χ2n) is 8.33. The highest BCUT2D eigenvalue weighted by molar-refractivity contribution is 5.94. The van der Waals surface area contributed by atoms with Gasteiger partial charge in [-0.3, -0.25) is 9.48 Å². The Balaban J connectivity index is 1.48. The van der Waals surface area contributed by atoms with E-state index in [4.69, 9.17) is 5.26 Å². The Labute approximate surface area is 193 Å². The Morgan fingerprint density at radius 1 is 1.09 bits per heavy atom.